The van der Waals surface area contributed by atoms with E-state index in [1.54, 1.807) is 0 Å². The van der Waals surface area contributed by atoms with Crippen molar-refractivity contribution < 1.29 is 0 Å². The van der Waals surface area contributed by atoms with Gasteiger partial charge in [0.05, 0.1) is 0 Å². The van der Waals surface area contributed by atoms with Gasteiger partial charge in [-0.05, 0) is 18.3 Å². The van der Waals surface area contributed by atoms with Gasteiger partial charge in [-0.3, -0.25) is 0 Å². The summed E-state index contributed by atoms with van der Waals surface area (Å²) in [6, 6.07) is 0. The molecule has 2 unspecified atom stereocenters. The second-order valence-electron chi connectivity index (χ2n) is 3.74. The molecule has 1 aliphatic rings. The highest BCUT2D eigenvalue weighted by Crippen LogP contribution is 2.35. The lowest BCUT2D eigenvalue weighted by Crippen LogP contribution is -1.94. The fourth-order valence-electron chi connectivity index (χ4n) is 2.22. The van der Waals surface area contributed by atoms with Crippen LogP contribution >= 0.6 is 0 Å². The molecule has 0 radical (unpaired) electrons. The average molecular weight is 170 g/mol. The molecule has 12 heavy (non-hydrogen) atoms. The molecule has 0 aromatic carbocycles. The molecule has 1 aliphatic carbocycles. The van der Waals surface area contributed by atoms with Crippen molar-refractivity contribution in [2.75, 3.05) is 0 Å². The summed E-state index contributed by atoms with van der Waals surface area (Å²) in [6.07, 6.45) is 8.86. The molecule has 0 aromatic rings. The highest BCUT2D eigenvalue weighted by Gasteiger charge is 2.21. The predicted molar refractivity (Wildman–Crippen MR) is 57.4 cm³/mol. The van der Waals surface area contributed by atoms with Crippen LogP contribution in [-0.2, 0) is 0 Å². The SMILES string of the molecule is CC.CCCC1CCC(CC)C1. The maximum Gasteiger partial charge on any atom is -0.0412 e. The Labute approximate surface area is 78.8 Å². The first-order chi connectivity index (χ1) is 5.86. The normalized spacial score (nSPS) is 28.0. The Kier molecular flexibility index (Phi) is 7.64. The van der Waals surface area contributed by atoms with Gasteiger partial charge in [0.2, 0.25) is 0 Å². The van der Waals surface area contributed by atoms with E-state index in [0.717, 1.165) is 11.8 Å². The van der Waals surface area contributed by atoms with Crippen LogP contribution in [0.3, 0.4) is 0 Å². The molecule has 0 nitrogen and oxygen atoms in total. The van der Waals surface area contributed by atoms with Gasteiger partial charge >= 0.3 is 0 Å². The van der Waals surface area contributed by atoms with Crippen molar-refractivity contribution >= 4 is 0 Å². The van der Waals surface area contributed by atoms with E-state index in [0.29, 0.717) is 0 Å². The van der Waals surface area contributed by atoms with E-state index in [4.69, 9.17) is 0 Å². The summed E-state index contributed by atoms with van der Waals surface area (Å²) in [5.41, 5.74) is 0. The zero-order valence-electron chi connectivity index (χ0n) is 9.40. The smallest absolute Gasteiger partial charge is 0.0412 e. The van der Waals surface area contributed by atoms with E-state index in [1.807, 2.05) is 13.8 Å². The Morgan fingerprint density at radius 2 is 1.58 bits per heavy atom. The molecule has 0 N–H and O–H groups in total. The van der Waals surface area contributed by atoms with Gasteiger partial charge < -0.3 is 0 Å². The summed E-state index contributed by atoms with van der Waals surface area (Å²) in [5.74, 6) is 2.17. The van der Waals surface area contributed by atoms with Crippen molar-refractivity contribution in [3.8, 4) is 0 Å². The van der Waals surface area contributed by atoms with Gasteiger partial charge in [0.1, 0.15) is 0 Å². The lowest BCUT2D eigenvalue weighted by atomic mass is 9.99. The first-order valence-corrected chi connectivity index (χ1v) is 5.86. The fourth-order valence-corrected chi connectivity index (χ4v) is 2.22. The molecule has 0 heterocycles. The van der Waals surface area contributed by atoms with Crippen molar-refractivity contribution in [3.05, 3.63) is 0 Å². The molecule has 0 aromatic heterocycles. The van der Waals surface area contributed by atoms with Crippen LogP contribution in [0.2, 0.25) is 0 Å². The van der Waals surface area contributed by atoms with Crippen LogP contribution in [0.25, 0.3) is 0 Å². The third kappa shape index (κ3) is 4.13. The number of hydrogen-bond donors (Lipinski definition) is 0. The molecule has 74 valence electrons. The zero-order chi connectivity index (χ0) is 9.40. The lowest BCUT2D eigenvalue weighted by Gasteiger charge is -2.07. The van der Waals surface area contributed by atoms with Crippen molar-refractivity contribution in [1.29, 1.82) is 0 Å². The van der Waals surface area contributed by atoms with E-state index in [1.165, 1.54) is 38.5 Å². The molecule has 0 heteroatoms. The maximum absolute atomic E-state index is 2.33. The molecule has 1 fully saturated rings. The minimum atomic E-state index is 1.08. The molecule has 2 atom stereocenters. The number of rotatable bonds is 3. The Balaban J connectivity index is 0.000000561. The van der Waals surface area contributed by atoms with Gasteiger partial charge in [-0.25, -0.2) is 0 Å². The predicted octanol–water partition coefficient (Wildman–Crippen LogP) is 4.64. The van der Waals surface area contributed by atoms with Crippen molar-refractivity contribution in [2.45, 2.75) is 66.2 Å². The second kappa shape index (κ2) is 7.64. The molecular formula is C12H26. The summed E-state index contributed by atoms with van der Waals surface area (Å²) in [7, 11) is 0. The average Bonchev–Trinajstić information content (AvgIpc) is 2.57. The molecule has 1 saturated carbocycles. The third-order valence-corrected chi connectivity index (χ3v) is 2.92. The largest absolute Gasteiger partial charge is 0.0683 e. The van der Waals surface area contributed by atoms with E-state index < -0.39 is 0 Å². The second-order valence-corrected chi connectivity index (χ2v) is 3.74. The Bertz CT molecular complexity index is 86.0. The standard InChI is InChI=1S/C10H20.C2H6/c1-3-5-10-7-6-9(4-2)8-10;1-2/h9-10H,3-8H2,1-2H3;1-2H3. The van der Waals surface area contributed by atoms with E-state index >= 15 is 0 Å². The van der Waals surface area contributed by atoms with Crippen molar-refractivity contribution in [1.82, 2.24) is 0 Å². The van der Waals surface area contributed by atoms with Crippen molar-refractivity contribution in [2.24, 2.45) is 11.8 Å². The molecular weight excluding hydrogens is 144 g/mol. The molecule has 1 rings (SSSR count). The topological polar surface area (TPSA) is 0 Å². The van der Waals surface area contributed by atoms with Gasteiger partial charge in [0.25, 0.3) is 0 Å². The Morgan fingerprint density at radius 1 is 1.00 bits per heavy atom. The van der Waals surface area contributed by atoms with Crippen LogP contribution < -0.4 is 0 Å². The van der Waals surface area contributed by atoms with E-state index in [9.17, 15) is 0 Å². The summed E-state index contributed by atoms with van der Waals surface area (Å²) in [5, 5.41) is 0. The van der Waals surface area contributed by atoms with Gasteiger partial charge in [-0.1, -0.05) is 59.8 Å². The first-order valence-electron chi connectivity index (χ1n) is 5.86. The molecule has 0 amide bonds. The molecule has 0 aliphatic heterocycles. The molecule has 0 saturated heterocycles. The molecule has 0 spiro atoms. The summed E-state index contributed by atoms with van der Waals surface area (Å²) in [4.78, 5) is 0. The monoisotopic (exact) mass is 170 g/mol. The van der Waals surface area contributed by atoms with Crippen molar-refractivity contribution in [3.63, 3.8) is 0 Å². The molecule has 0 bridgehead atoms. The van der Waals surface area contributed by atoms with E-state index in [-0.39, 0.29) is 0 Å². The van der Waals surface area contributed by atoms with Crippen LogP contribution in [-0.4, -0.2) is 0 Å². The van der Waals surface area contributed by atoms with Crippen LogP contribution in [0, 0.1) is 11.8 Å². The van der Waals surface area contributed by atoms with Gasteiger partial charge in [0, 0.05) is 0 Å². The minimum absolute atomic E-state index is 1.08. The summed E-state index contributed by atoms with van der Waals surface area (Å²) >= 11 is 0. The van der Waals surface area contributed by atoms with Crippen LogP contribution in [0.1, 0.15) is 66.2 Å². The van der Waals surface area contributed by atoms with Gasteiger partial charge in [-0.15, -0.1) is 0 Å². The van der Waals surface area contributed by atoms with Gasteiger partial charge in [0.15, 0.2) is 0 Å². The summed E-state index contributed by atoms with van der Waals surface area (Å²) < 4.78 is 0. The first kappa shape index (κ1) is 12.0. The highest BCUT2D eigenvalue weighted by atomic mass is 14.3. The maximum atomic E-state index is 2.33. The minimum Gasteiger partial charge on any atom is -0.0683 e. The van der Waals surface area contributed by atoms with Crippen LogP contribution in [0.15, 0.2) is 0 Å². The Hall–Kier alpha value is 0. The third-order valence-electron chi connectivity index (χ3n) is 2.92. The Morgan fingerprint density at radius 3 is 2.00 bits per heavy atom. The van der Waals surface area contributed by atoms with Gasteiger partial charge in [-0.2, -0.15) is 0 Å². The lowest BCUT2D eigenvalue weighted by molar-refractivity contribution is 0.453. The summed E-state index contributed by atoms with van der Waals surface area (Å²) in [6.45, 7) is 8.64. The van der Waals surface area contributed by atoms with Crippen LogP contribution in [0.5, 0.6) is 0 Å². The quantitative estimate of drug-likeness (QED) is 0.579. The fraction of sp³-hybridized carbons (Fsp3) is 1.00. The van der Waals surface area contributed by atoms with Crippen LogP contribution in [0.4, 0.5) is 0 Å². The number of hydrogen-bond acceptors (Lipinski definition) is 0. The zero-order valence-corrected chi connectivity index (χ0v) is 9.40. The van der Waals surface area contributed by atoms with E-state index in [2.05, 4.69) is 13.8 Å². The highest BCUT2D eigenvalue weighted by molar-refractivity contribution is 4.73.